The summed E-state index contributed by atoms with van der Waals surface area (Å²) in [4.78, 5) is 4.33. The Labute approximate surface area is 117 Å². The van der Waals surface area contributed by atoms with Crippen LogP contribution < -0.4 is 0 Å². The third-order valence-electron chi connectivity index (χ3n) is 2.58. The standard InChI is InChI=1S/C13H12F3NS2/c1-8-7-18-12(17-8)19-9(2)10-3-5-11(6-4-10)13(14,15)16/h3-7,9H,1-2H3. The summed E-state index contributed by atoms with van der Waals surface area (Å²) in [6.45, 7) is 3.88. The maximum Gasteiger partial charge on any atom is 0.416 e. The Morgan fingerprint density at radius 1 is 1.21 bits per heavy atom. The molecule has 0 aliphatic carbocycles. The smallest absolute Gasteiger partial charge is 0.235 e. The maximum absolute atomic E-state index is 12.5. The number of hydrogen-bond acceptors (Lipinski definition) is 3. The van der Waals surface area contributed by atoms with Crippen LogP contribution in [-0.4, -0.2) is 4.98 Å². The first kappa shape index (κ1) is 14.4. The number of thioether (sulfide) groups is 1. The molecule has 6 heteroatoms. The van der Waals surface area contributed by atoms with E-state index in [1.54, 1.807) is 23.1 Å². The Bertz CT molecular complexity index is 546. The molecule has 0 aliphatic rings. The molecule has 19 heavy (non-hydrogen) atoms. The minimum Gasteiger partial charge on any atom is -0.235 e. The van der Waals surface area contributed by atoms with E-state index in [-0.39, 0.29) is 5.25 Å². The van der Waals surface area contributed by atoms with E-state index >= 15 is 0 Å². The lowest BCUT2D eigenvalue weighted by atomic mass is 10.1. The van der Waals surface area contributed by atoms with Gasteiger partial charge < -0.3 is 0 Å². The van der Waals surface area contributed by atoms with Crippen molar-refractivity contribution in [3.05, 3.63) is 46.5 Å². The van der Waals surface area contributed by atoms with Crippen LogP contribution in [0.1, 0.15) is 29.0 Å². The number of thiazole rings is 1. The van der Waals surface area contributed by atoms with Gasteiger partial charge in [0.05, 0.1) is 5.56 Å². The van der Waals surface area contributed by atoms with Gasteiger partial charge in [0, 0.05) is 16.3 Å². The van der Waals surface area contributed by atoms with Gasteiger partial charge in [0.1, 0.15) is 0 Å². The van der Waals surface area contributed by atoms with E-state index in [0.29, 0.717) is 0 Å². The number of nitrogens with zero attached hydrogens (tertiary/aromatic N) is 1. The predicted octanol–water partition coefficient (Wildman–Crippen LogP) is 5.32. The molecule has 1 heterocycles. The highest BCUT2D eigenvalue weighted by Gasteiger charge is 2.30. The minimum absolute atomic E-state index is 0.0767. The van der Waals surface area contributed by atoms with Gasteiger partial charge in [-0.3, -0.25) is 0 Å². The predicted molar refractivity (Wildman–Crippen MR) is 72.6 cm³/mol. The lowest BCUT2D eigenvalue weighted by Gasteiger charge is -2.11. The van der Waals surface area contributed by atoms with Crippen LogP contribution in [0.3, 0.4) is 0 Å². The minimum atomic E-state index is -4.28. The third-order valence-corrected chi connectivity index (χ3v) is 4.83. The molecule has 0 fully saturated rings. The van der Waals surface area contributed by atoms with E-state index in [1.807, 2.05) is 19.2 Å². The molecule has 0 spiro atoms. The fourth-order valence-electron chi connectivity index (χ4n) is 1.55. The molecule has 1 nitrogen and oxygen atoms in total. The first-order valence-corrected chi connectivity index (χ1v) is 7.38. The highest BCUT2D eigenvalue weighted by Crippen LogP contribution is 2.37. The lowest BCUT2D eigenvalue weighted by molar-refractivity contribution is -0.137. The largest absolute Gasteiger partial charge is 0.416 e. The Morgan fingerprint density at radius 3 is 2.32 bits per heavy atom. The zero-order valence-corrected chi connectivity index (χ0v) is 12.0. The maximum atomic E-state index is 12.5. The molecule has 1 atom stereocenters. The summed E-state index contributed by atoms with van der Waals surface area (Å²) in [6.07, 6.45) is -4.28. The van der Waals surface area contributed by atoms with E-state index in [4.69, 9.17) is 0 Å². The van der Waals surface area contributed by atoms with Crippen LogP contribution in [0.4, 0.5) is 13.2 Å². The molecule has 1 unspecified atom stereocenters. The normalized spacial score (nSPS) is 13.5. The molecule has 0 saturated heterocycles. The van der Waals surface area contributed by atoms with Crippen LogP contribution in [0.25, 0.3) is 0 Å². The Morgan fingerprint density at radius 2 is 1.84 bits per heavy atom. The molecule has 0 saturated carbocycles. The van der Waals surface area contributed by atoms with E-state index in [9.17, 15) is 13.2 Å². The molecule has 0 aliphatic heterocycles. The second-order valence-electron chi connectivity index (χ2n) is 4.13. The summed E-state index contributed by atoms with van der Waals surface area (Å²) in [7, 11) is 0. The third kappa shape index (κ3) is 3.73. The van der Waals surface area contributed by atoms with Crippen molar-refractivity contribution in [2.24, 2.45) is 0 Å². The van der Waals surface area contributed by atoms with Gasteiger partial charge in [-0.15, -0.1) is 11.3 Å². The summed E-state index contributed by atoms with van der Waals surface area (Å²) in [6, 6.07) is 5.31. The van der Waals surface area contributed by atoms with Crippen LogP contribution >= 0.6 is 23.1 Å². The SMILES string of the molecule is Cc1csc(SC(C)c2ccc(C(F)(F)F)cc2)n1. The molecule has 0 bridgehead atoms. The van der Waals surface area contributed by atoms with Crippen molar-refractivity contribution in [3.8, 4) is 0 Å². The van der Waals surface area contributed by atoms with Gasteiger partial charge in [-0.25, -0.2) is 4.98 Å². The van der Waals surface area contributed by atoms with Gasteiger partial charge in [-0.05, 0) is 31.5 Å². The topological polar surface area (TPSA) is 12.9 Å². The number of aryl methyl sites for hydroxylation is 1. The molecule has 0 amide bonds. The zero-order valence-electron chi connectivity index (χ0n) is 10.4. The average molecular weight is 303 g/mol. The zero-order chi connectivity index (χ0) is 14.0. The van der Waals surface area contributed by atoms with E-state index in [0.717, 1.165) is 27.7 Å². The van der Waals surface area contributed by atoms with Crippen LogP contribution in [-0.2, 0) is 6.18 Å². The molecular weight excluding hydrogens is 291 g/mol. The lowest BCUT2D eigenvalue weighted by Crippen LogP contribution is -2.04. The van der Waals surface area contributed by atoms with Crippen molar-refractivity contribution in [2.75, 3.05) is 0 Å². The monoisotopic (exact) mass is 303 g/mol. The second-order valence-corrected chi connectivity index (χ2v) is 6.58. The summed E-state index contributed by atoms with van der Waals surface area (Å²) in [5.41, 5.74) is 1.22. The van der Waals surface area contributed by atoms with Crippen molar-refractivity contribution in [1.29, 1.82) is 0 Å². The molecule has 0 radical (unpaired) electrons. The van der Waals surface area contributed by atoms with Gasteiger partial charge in [0.25, 0.3) is 0 Å². The van der Waals surface area contributed by atoms with Crippen LogP contribution in [0.15, 0.2) is 34.0 Å². The molecular formula is C13H12F3NS2. The van der Waals surface area contributed by atoms with E-state index in [2.05, 4.69) is 4.98 Å². The first-order valence-electron chi connectivity index (χ1n) is 5.62. The number of rotatable bonds is 3. The van der Waals surface area contributed by atoms with Crippen LogP contribution in [0.2, 0.25) is 0 Å². The van der Waals surface area contributed by atoms with Crippen LogP contribution in [0, 0.1) is 6.92 Å². The number of aromatic nitrogens is 1. The fourth-order valence-corrected chi connectivity index (χ4v) is 3.66. The van der Waals surface area contributed by atoms with Gasteiger partial charge >= 0.3 is 6.18 Å². The number of halogens is 3. The summed E-state index contributed by atoms with van der Waals surface area (Å²) in [5, 5.41) is 2.04. The van der Waals surface area contributed by atoms with Gasteiger partial charge in [0.15, 0.2) is 4.34 Å². The number of alkyl halides is 3. The van der Waals surface area contributed by atoms with Crippen molar-refractivity contribution in [2.45, 2.75) is 29.6 Å². The van der Waals surface area contributed by atoms with E-state index < -0.39 is 11.7 Å². The number of benzene rings is 1. The highest BCUT2D eigenvalue weighted by molar-refractivity contribution is 8.01. The van der Waals surface area contributed by atoms with Crippen molar-refractivity contribution < 1.29 is 13.2 Å². The Balaban J connectivity index is 2.09. The van der Waals surface area contributed by atoms with Crippen molar-refractivity contribution in [3.63, 3.8) is 0 Å². The second kappa shape index (κ2) is 5.54. The number of hydrogen-bond donors (Lipinski definition) is 0. The van der Waals surface area contributed by atoms with Gasteiger partial charge in [-0.2, -0.15) is 13.2 Å². The molecule has 102 valence electrons. The molecule has 2 rings (SSSR count). The van der Waals surface area contributed by atoms with Crippen molar-refractivity contribution in [1.82, 2.24) is 4.98 Å². The van der Waals surface area contributed by atoms with E-state index in [1.165, 1.54) is 12.1 Å². The molecule has 2 aromatic rings. The van der Waals surface area contributed by atoms with Gasteiger partial charge in [-0.1, -0.05) is 23.9 Å². The average Bonchev–Trinajstić information content (AvgIpc) is 2.74. The van der Waals surface area contributed by atoms with Gasteiger partial charge in [0.2, 0.25) is 0 Å². The Hall–Kier alpha value is -1.01. The highest BCUT2D eigenvalue weighted by atomic mass is 32.2. The van der Waals surface area contributed by atoms with Crippen LogP contribution in [0.5, 0.6) is 0 Å². The summed E-state index contributed by atoms with van der Waals surface area (Å²) in [5.74, 6) is 0. The Kier molecular flexibility index (Phi) is 4.20. The quantitative estimate of drug-likeness (QED) is 0.711. The van der Waals surface area contributed by atoms with Crippen molar-refractivity contribution >= 4 is 23.1 Å². The summed E-state index contributed by atoms with van der Waals surface area (Å²) < 4.78 is 38.3. The first-order chi connectivity index (χ1) is 8.86. The molecule has 0 N–H and O–H groups in total. The molecule has 1 aromatic carbocycles. The summed E-state index contributed by atoms with van der Waals surface area (Å²) >= 11 is 3.11. The molecule has 1 aromatic heterocycles. The fraction of sp³-hybridized carbons (Fsp3) is 0.308.